The molecule has 1 aliphatic rings. The van der Waals surface area contributed by atoms with E-state index in [4.69, 9.17) is 15.2 Å². The van der Waals surface area contributed by atoms with E-state index in [9.17, 15) is 13.2 Å². The van der Waals surface area contributed by atoms with Crippen molar-refractivity contribution in [3.8, 4) is 11.5 Å². The van der Waals surface area contributed by atoms with Gasteiger partial charge in [0.2, 0.25) is 15.9 Å². The summed E-state index contributed by atoms with van der Waals surface area (Å²) in [7, 11) is -0.781. The van der Waals surface area contributed by atoms with Gasteiger partial charge < -0.3 is 15.2 Å². The Bertz CT molecular complexity index is 702. The molecule has 23 heavy (non-hydrogen) atoms. The third-order valence-corrected chi connectivity index (χ3v) is 6.09. The second-order valence-corrected chi connectivity index (χ2v) is 7.48. The maximum Gasteiger partial charge on any atom is 0.243 e. The highest BCUT2D eigenvalue weighted by Gasteiger charge is 2.33. The van der Waals surface area contributed by atoms with Crippen LogP contribution in [0.2, 0.25) is 0 Å². The van der Waals surface area contributed by atoms with Crippen LogP contribution in [-0.2, 0) is 14.8 Å². The van der Waals surface area contributed by atoms with Gasteiger partial charge >= 0.3 is 0 Å². The van der Waals surface area contributed by atoms with Crippen molar-refractivity contribution < 1.29 is 22.7 Å². The SMILES string of the molecule is COc1cc(C)c(S(=O)(=O)N2CCC[C@@H](C(N)=O)C2)cc1OC. The summed E-state index contributed by atoms with van der Waals surface area (Å²) in [5.74, 6) is -0.0920. The number of sulfonamides is 1. The Morgan fingerprint density at radius 1 is 1.26 bits per heavy atom. The lowest BCUT2D eigenvalue weighted by Crippen LogP contribution is -2.44. The zero-order chi connectivity index (χ0) is 17.2. The molecule has 8 heteroatoms. The summed E-state index contributed by atoms with van der Waals surface area (Å²) in [6.45, 7) is 2.19. The predicted molar refractivity (Wildman–Crippen MR) is 85.0 cm³/mol. The predicted octanol–water partition coefficient (Wildman–Crippen LogP) is 0.898. The van der Waals surface area contributed by atoms with Crippen molar-refractivity contribution >= 4 is 15.9 Å². The first kappa shape index (κ1) is 17.6. The lowest BCUT2D eigenvalue weighted by molar-refractivity contribution is -0.122. The van der Waals surface area contributed by atoms with Crippen LogP contribution in [0.4, 0.5) is 0 Å². The highest BCUT2D eigenvalue weighted by atomic mass is 32.2. The minimum absolute atomic E-state index is 0.117. The van der Waals surface area contributed by atoms with Crippen LogP contribution in [0.15, 0.2) is 17.0 Å². The minimum atomic E-state index is -3.73. The molecule has 0 bridgehead atoms. The van der Waals surface area contributed by atoms with Crippen molar-refractivity contribution in [3.05, 3.63) is 17.7 Å². The number of amides is 1. The van der Waals surface area contributed by atoms with Crippen LogP contribution in [0.5, 0.6) is 11.5 Å². The quantitative estimate of drug-likeness (QED) is 0.857. The Labute approximate surface area is 136 Å². The van der Waals surface area contributed by atoms with Crippen molar-refractivity contribution in [3.63, 3.8) is 0 Å². The molecule has 0 spiro atoms. The standard InChI is InChI=1S/C15H22N2O5S/c1-10-7-12(21-2)13(22-3)8-14(10)23(19,20)17-6-4-5-11(9-17)15(16)18/h7-8,11H,4-6,9H2,1-3H3,(H2,16,18)/t11-/m1/s1. The van der Waals surface area contributed by atoms with Crippen molar-refractivity contribution in [1.82, 2.24) is 4.31 Å². The van der Waals surface area contributed by atoms with Crippen LogP contribution in [0.3, 0.4) is 0 Å². The molecule has 0 radical (unpaired) electrons. The number of carbonyl (C=O) groups excluding carboxylic acids is 1. The van der Waals surface area contributed by atoms with E-state index >= 15 is 0 Å². The van der Waals surface area contributed by atoms with Gasteiger partial charge in [0.25, 0.3) is 0 Å². The number of aryl methyl sites for hydroxylation is 1. The lowest BCUT2D eigenvalue weighted by atomic mass is 9.99. The monoisotopic (exact) mass is 342 g/mol. The molecule has 7 nitrogen and oxygen atoms in total. The highest BCUT2D eigenvalue weighted by Crippen LogP contribution is 2.34. The molecule has 1 atom stereocenters. The van der Waals surface area contributed by atoms with Crippen molar-refractivity contribution in [2.75, 3.05) is 27.3 Å². The maximum absolute atomic E-state index is 12.9. The Morgan fingerprint density at radius 2 is 1.87 bits per heavy atom. The number of nitrogens with two attached hydrogens (primary N) is 1. The van der Waals surface area contributed by atoms with Gasteiger partial charge in [-0.3, -0.25) is 4.79 Å². The van der Waals surface area contributed by atoms with Gasteiger partial charge in [0, 0.05) is 19.2 Å². The van der Waals surface area contributed by atoms with E-state index in [-0.39, 0.29) is 11.4 Å². The number of piperidine rings is 1. The van der Waals surface area contributed by atoms with E-state index in [0.29, 0.717) is 36.4 Å². The first-order valence-electron chi connectivity index (χ1n) is 7.33. The van der Waals surface area contributed by atoms with Crippen LogP contribution in [-0.4, -0.2) is 45.9 Å². The Hall–Kier alpha value is -1.80. The smallest absolute Gasteiger partial charge is 0.243 e. The van der Waals surface area contributed by atoms with Gasteiger partial charge in [0.1, 0.15) is 0 Å². The van der Waals surface area contributed by atoms with Crippen LogP contribution >= 0.6 is 0 Å². The number of benzene rings is 1. The summed E-state index contributed by atoms with van der Waals surface area (Å²) in [5, 5.41) is 0. The van der Waals surface area contributed by atoms with Gasteiger partial charge in [-0.1, -0.05) is 0 Å². The van der Waals surface area contributed by atoms with E-state index in [0.717, 1.165) is 0 Å². The molecule has 128 valence electrons. The normalized spacial score (nSPS) is 19.3. The van der Waals surface area contributed by atoms with Crippen LogP contribution in [0, 0.1) is 12.8 Å². The molecule has 2 N–H and O–H groups in total. The number of rotatable bonds is 5. The van der Waals surface area contributed by atoms with Crippen LogP contribution in [0.1, 0.15) is 18.4 Å². The molecule has 1 heterocycles. The second kappa shape index (κ2) is 6.76. The Kier molecular flexibility index (Phi) is 5.16. The summed E-state index contributed by atoms with van der Waals surface area (Å²) in [5.41, 5.74) is 5.89. The number of hydrogen-bond acceptors (Lipinski definition) is 5. The molecule has 1 fully saturated rings. The minimum Gasteiger partial charge on any atom is -0.493 e. The average molecular weight is 342 g/mol. The molecule has 1 amide bonds. The highest BCUT2D eigenvalue weighted by molar-refractivity contribution is 7.89. The zero-order valence-electron chi connectivity index (χ0n) is 13.5. The molecular formula is C15H22N2O5S. The molecule has 1 aliphatic heterocycles. The Morgan fingerprint density at radius 3 is 2.43 bits per heavy atom. The van der Waals surface area contributed by atoms with Gasteiger partial charge in [0.05, 0.1) is 25.0 Å². The number of ether oxygens (including phenoxy) is 2. The number of hydrogen-bond donors (Lipinski definition) is 1. The fourth-order valence-corrected chi connectivity index (χ4v) is 4.52. The third-order valence-electron chi connectivity index (χ3n) is 4.09. The van der Waals surface area contributed by atoms with E-state index in [2.05, 4.69) is 0 Å². The van der Waals surface area contributed by atoms with Gasteiger partial charge in [-0.05, 0) is 31.4 Å². The summed E-state index contributed by atoms with van der Waals surface area (Å²) in [4.78, 5) is 11.5. The van der Waals surface area contributed by atoms with Gasteiger partial charge in [-0.15, -0.1) is 0 Å². The summed E-state index contributed by atoms with van der Waals surface area (Å²) in [6, 6.07) is 3.08. The Balaban J connectivity index is 2.41. The van der Waals surface area contributed by atoms with Gasteiger partial charge in [-0.2, -0.15) is 4.31 Å². The summed E-state index contributed by atoms with van der Waals surface area (Å²) >= 11 is 0. The molecule has 0 unspecified atom stereocenters. The van der Waals surface area contributed by atoms with Gasteiger partial charge in [0.15, 0.2) is 11.5 Å². The van der Waals surface area contributed by atoms with E-state index in [1.165, 1.54) is 24.6 Å². The fourth-order valence-electron chi connectivity index (χ4n) is 2.77. The van der Waals surface area contributed by atoms with Crippen LogP contribution < -0.4 is 15.2 Å². The van der Waals surface area contributed by atoms with Crippen LogP contribution in [0.25, 0.3) is 0 Å². The molecule has 1 saturated heterocycles. The number of nitrogens with zero attached hydrogens (tertiary/aromatic N) is 1. The van der Waals surface area contributed by atoms with Gasteiger partial charge in [-0.25, -0.2) is 8.42 Å². The molecule has 1 aromatic carbocycles. The lowest BCUT2D eigenvalue weighted by Gasteiger charge is -2.30. The number of carbonyl (C=O) groups is 1. The molecule has 2 rings (SSSR count). The molecule has 0 saturated carbocycles. The summed E-state index contributed by atoms with van der Waals surface area (Å²) in [6.07, 6.45) is 1.23. The first-order valence-corrected chi connectivity index (χ1v) is 8.77. The zero-order valence-corrected chi connectivity index (χ0v) is 14.4. The molecule has 0 aromatic heterocycles. The van der Waals surface area contributed by atoms with E-state index in [1.54, 1.807) is 13.0 Å². The number of primary amides is 1. The third kappa shape index (κ3) is 3.42. The first-order chi connectivity index (χ1) is 10.8. The van der Waals surface area contributed by atoms with Crippen molar-refractivity contribution in [1.29, 1.82) is 0 Å². The maximum atomic E-state index is 12.9. The largest absolute Gasteiger partial charge is 0.493 e. The second-order valence-electron chi connectivity index (χ2n) is 5.58. The topological polar surface area (TPSA) is 98.9 Å². The molecule has 1 aromatic rings. The fraction of sp³-hybridized carbons (Fsp3) is 0.533. The van der Waals surface area contributed by atoms with E-state index in [1.807, 2.05) is 0 Å². The van der Waals surface area contributed by atoms with Crippen molar-refractivity contribution in [2.45, 2.75) is 24.7 Å². The number of methoxy groups -OCH3 is 2. The van der Waals surface area contributed by atoms with E-state index < -0.39 is 21.8 Å². The molecular weight excluding hydrogens is 320 g/mol. The summed E-state index contributed by atoms with van der Waals surface area (Å²) < 4.78 is 37.5. The molecule has 0 aliphatic carbocycles. The van der Waals surface area contributed by atoms with Crippen molar-refractivity contribution in [2.24, 2.45) is 11.7 Å². The average Bonchev–Trinajstić information content (AvgIpc) is 2.54.